The van der Waals surface area contributed by atoms with Gasteiger partial charge in [0.25, 0.3) is 0 Å². The summed E-state index contributed by atoms with van der Waals surface area (Å²) in [5, 5.41) is 11.5. The number of nitrogens with one attached hydrogen (secondary N) is 1. The van der Waals surface area contributed by atoms with Crippen molar-refractivity contribution < 1.29 is 23.5 Å². The van der Waals surface area contributed by atoms with E-state index < -0.39 is 29.7 Å². The van der Waals surface area contributed by atoms with Gasteiger partial charge in [-0.25, -0.2) is 9.18 Å². The standard InChI is InChI=1S/C19H24FN3O4/c1-11-17(20)16(14(24)7-8-21)15(10-22-11)26-13-6-5-12(9-13)23-18(25)27-19(2,3)4/h10,12-13H,5-7,9H2,1-4H3,(H,23,25)/t12-,13+/m0/s1. The van der Waals surface area contributed by atoms with Crippen LogP contribution in [0.15, 0.2) is 6.20 Å². The molecule has 1 aliphatic carbocycles. The van der Waals surface area contributed by atoms with Crippen LogP contribution in [0.4, 0.5) is 9.18 Å². The molecule has 1 heterocycles. The SMILES string of the molecule is Cc1ncc(O[C@@H]2CC[C@H](NC(=O)OC(C)(C)C)C2)c(C(=O)CC#N)c1F. The van der Waals surface area contributed by atoms with E-state index in [2.05, 4.69) is 10.3 Å². The number of nitrogens with zero attached hydrogens (tertiary/aromatic N) is 2. The Morgan fingerprint density at radius 3 is 2.74 bits per heavy atom. The normalized spacial score (nSPS) is 19.3. The molecule has 2 atom stereocenters. The first-order chi connectivity index (χ1) is 12.6. The van der Waals surface area contributed by atoms with Gasteiger partial charge in [-0.15, -0.1) is 0 Å². The van der Waals surface area contributed by atoms with Gasteiger partial charge in [0, 0.05) is 12.5 Å². The Kier molecular flexibility index (Phi) is 6.37. The van der Waals surface area contributed by atoms with Gasteiger partial charge in [-0.2, -0.15) is 5.26 Å². The average molecular weight is 377 g/mol. The van der Waals surface area contributed by atoms with E-state index in [4.69, 9.17) is 14.7 Å². The first-order valence-corrected chi connectivity index (χ1v) is 8.82. The third-order valence-corrected chi connectivity index (χ3v) is 4.08. The summed E-state index contributed by atoms with van der Waals surface area (Å²) in [6.07, 6.45) is 1.86. The number of Topliss-reactive ketones (excluding diaryl/α,β-unsaturated/α-hetero) is 1. The number of alkyl carbamates (subject to hydrolysis) is 1. The number of ketones is 1. The molecule has 1 N–H and O–H groups in total. The van der Waals surface area contributed by atoms with Gasteiger partial charge in [-0.1, -0.05) is 0 Å². The largest absolute Gasteiger partial charge is 0.488 e. The number of rotatable bonds is 5. The summed E-state index contributed by atoms with van der Waals surface area (Å²) >= 11 is 0. The van der Waals surface area contributed by atoms with Crippen LogP contribution in [0, 0.1) is 24.1 Å². The molecule has 1 aromatic heterocycles. The first kappa shape index (κ1) is 20.6. The second kappa shape index (κ2) is 8.33. The van der Waals surface area contributed by atoms with Gasteiger partial charge in [0.05, 0.1) is 29.9 Å². The Labute approximate surface area is 157 Å². The van der Waals surface area contributed by atoms with Crippen LogP contribution < -0.4 is 10.1 Å². The second-order valence-electron chi connectivity index (χ2n) is 7.55. The summed E-state index contributed by atoms with van der Waals surface area (Å²) in [5.41, 5.74) is -0.758. The fourth-order valence-corrected chi connectivity index (χ4v) is 2.91. The molecular weight excluding hydrogens is 353 g/mol. The Morgan fingerprint density at radius 2 is 2.11 bits per heavy atom. The molecule has 0 bridgehead atoms. The number of aryl methyl sites for hydroxylation is 1. The van der Waals surface area contributed by atoms with E-state index in [0.717, 1.165) is 0 Å². The fraction of sp³-hybridized carbons (Fsp3) is 0.579. The maximum Gasteiger partial charge on any atom is 0.407 e. The van der Waals surface area contributed by atoms with Crippen LogP contribution in [-0.4, -0.2) is 34.6 Å². The van der Waals surface area contributed by atoms with E-state index in [1.54, 1.807) is 26.8 Å². The van der Waals surface area contributed by atoms with Gasteiger partial charge in [0.1, 0.15) is 11.7 Å². The number of hydrogen-bond acceptors (Lipinski definition) is 6. The molecule has 0 aliphatic heterocycles. The number of amides is 1. The van der Waals surface area contributed by atoms with Crippen LogP contribution >= 0.6 is 0 Å². The van der Waals surface area contributed by atoms with Crippen LogP contribution in [0.5, 0.6) is 5.75 Å². The van der Waals surface area contributed by atoms with Crippen LogP contribution in [0.25, 0.3) is 0 Å². The van der Waals surface area contributed by atoms with Crippen molar-refractivity contribution in [2.75, 3.05) is 0 Å². The Bertz CT molecular complexity index is 767. The predicted molar refractivity (Wildman–Crippen MR) is 94.9 cm³/mol. The monoisotopic (exact) mass is 377 g/mol. The maximum absolute atomic E-state index is 14.4. The number of carbonyl (C=O) groups excluding carboxylic acids is 2. The van der Waals surface area contributed by atoms with Crippen molar-refractivity contribution in [1.29, 1.82) is 5.26 Å². The molecule has 8 heteroatoms. The highest BCUT2D eigenvalue weighted by Gasteiger charge is 2.30. The van der Waals surface area contributed by atoms with Crippen molar-refractivity contribution in [3.63, 3.8) is 0 Å². The summed E-state index contributed by atoms with van der Waals surface area (Å²) < 4.78 is 25.4. The van der Waals surface area contributed by atoms with Gasteiger partial charge in [-0.3, -0.25) is 9.78 Å². The number of pyridine rings is 1. The zero-order valence-electron chi connectivity index (χ0n) is 16.0. The van der Waals surface area contributed by atoms with Crippen molar-refractivity contribution in [1.82, 2.24) is 10.3 Å². The van der Waals surface area contributed by atoms with Crippen LogP contribution in [-0.2, 0) is 4.74 Å². The quantitative estimate of drug-likeness (QED) is 0.789. The number of ether oxygens (including phenoxy) is 2. The van der Waals surface area contributed by atoms with E-state index in [-0.39, 0.29) is 29.2 Å². The van der Waals surface area contributed by atoms with Gasteiger partial charge in [0.15, 0.2) is 17.3 Å². The fourth-order valence-electron chi connectivity index (χ4n) is 2.91. The molecule has 0 unspecified atom stereocenters. The molecule has 27 heavy (non-hydrogen) atoms. The van der Waals surface area contributed by atoms with Crippen molar-refractivity contribution in [2.24, 2.45) is 0 Å². The summed E-state index contributed by atoms with van der Waals surface area (Å²) in [5.74, 6) is -1.38. The smallest absolute Gasteiger partial charge is 0.407 e. The Balaban J connectivity index is 2.04. The zero-order valence-corrected chi connectivity index (χ0v) is 16.0. The Morgan fingerprint density at radius 1 is 1.41 bits per heavy atom. The van der Waals surface area contributed by atoms with Gasteiger partial charge in [-0.05, 0) is 40.5 Å². The lowest BCUT2D eigenvalue weighted by Crippen LogP contribution is -2.38. The minimum Gasteiger partial charge on any atom is -0.488 e. The summed E-state index contributed by atoms with van der Waals surface area (Å²) in [7, 11) is 0. The number of carbonyl (C=O) groups is 2. The molecule has 1 saturated carbocycles. The van der Waals surface area contributed by atoms with Crippen LogP contribution in [0.1, 0.15) is 62.5 Å². The third kappa shape index (κ3) is 5.64. The number of aromatic nitrogens is 1. The molecule has 0 saturated heterocycles. The molecular formula is C19H24FN3O4. The molecule has 7 nitrogen and oxygen atoms in total. The van der Waals surface area contributed by atoms with Crippen molar-refractivity contribution in [3.8, 4) is 11.8 Å². The summed E-state index contributed by atoms with van der Waals surface area (Å²) in [6, 6.07) is 1.59. The maximum atomic E-state index is 14.4. The molecule has 0 spiro atoms. The minimum atomic E-state index is -0.769. The molecule has 1 fully saturated rings. The van der Waals surface area contributed by atoms with Crippen molar-refractivity contribution in [2.45, 2.75) is 71.1 Å². The number of hydrogen-bond donors (Lipinski definition) is 1. The summed E-state index contributed by atoms with van der Waals surface area (Å²) in [6.45, 7) is 6.79. The zero-order chi connectivity index (χ0) is 20.2. The van der Waals surface area contributed by atoms with Crippen molar-refractivity contribution >= 4 is 11.9 Å². The highest BCUT2D eigenvalue weighted by atomic mass is 19.1. The summed E-state index contributed by atoms with van der Waals surface area (Å²) in [4.78, 5) is 27.9. The topological polar surface area (TPSA) is 101 Å². The van der Waals surface area contributed by atoms with E-state index in [0.29, 0.717) is 19.3 Å². The number of nitriles is 1. The molecule has 2 rings (SSSR count). The number of halogens is 1. The second-order valence-corrected chi connectivity index (χ2v) is 7.55. The lowest BCUT2D eigenvalue weighted by atomic mass is 10.1. The molecule has 146 valence electrons. The molecule has 1 aromatic rings. The van der Waals surface area contributed by atoms with Gasteiger partial charge < -0.3 is 14.8 Å². The molecule has 0 aromatic carbocycles. The lowest BCUT2D eigenvalue weighted by Gasteiger charge is -2.22. The minimum absolute atomic E-state index is 0.0290. The van der Waals surface area contributed by atoms with Gasteiger partial charge >= 0.3 is 6.09 Å². The van der Waals surface area contributed by atoms with Gasteiger partial charge in [0.2, 0.25) is 0 Å². The highest BCUT2D eigenvalue weighted by molar-refractivity contribution is 6.00. The van der Waals surface area contributed by atoms with E-state index in [1.165, 1.54) is 13.1 Å². The molecule has 0 radical (unpaired) electrons. The predicted octanol–water partition coefficient (Wildman–Crippen LogP) is 3.45. The van der Waals surface area contributed by atoms with E-state index >= 15 is 0 Å². The lowest BCUT2D eigenvalue weighted by molar-refractivity contribution is 0.0503. The highest BCUT2D eigenvalue weighted by Crippen LogP contribution is 2.29. The van der Waals surface area contributed by atoms with Crippen molar-refractivity contribution in [3.05, 3.63) is 23.3 Å². The van der Waals surface area contributed by atoms with E-state index in [9.17, 15) is 14.0 Å². The van der Waals surface area contributed by atoms with Crippen LogP contribution in [0.2, 0.25) is 0 Å². The Hall–Kier alpha value is -2.69. The average Bonchev–Trinajstić information content (AvgIpc) is 2.96. The van der Waals surface area contributed by atoms with E-state index in [1.807, 2.05) is 0 Å². The third-order valence-electron chi connectivity index (χ3n) is 4.08. The molecule has 1 aliphatic rings. The first-order valence-electron chi connectivity index (χ1n) is 8.82. The molecule has 1 amide bonds. The van der Waals surface area contributed by atoms with Crippen LogP contribution in [0.3, 0.4) is 0 Å².